The van der Waals surface area contributed by atoms with Crippen LogP contribution in [0.25, 0.3) is 0 Å². The predicted octanol–water partition coefficient (Wildman–Crippen LogP) is 2.77. The van der Waals surface area contributed by atoms with Gasteiger partial charge in [-0.2, -0.15) is 0 Å². The maximum atomic E-state index is 13.0. The summed E-state index contributed by atoms with van der Waals surface area (Å²) < 4.78 is 15.8. The van der Waals surface area contributed by atoms with E-state index in [-0.39, 0.29) is 25.4 Å². The van der Waals surface area contributed by atoms with E-state index in [4.69, 9.17) is 14.2 Å². The number of nitrogens with zero attached hydrogens (tertiary/aromatic N) is 2. The smallest absolute Gasteiger partial charge is 0.410 e. The summed E-state index contributed by atoms with van der Waals surface area (Å²) in [5.41, 5.74) is -1.03. The summed E-state index contributed by atoms with van der Waals surface area (Å²) in [7, 11) is 4.66. The minimum Gasteiger partial charge on any atom is -0.497 e. The van der Waals surface area contributed by atoms with Crippen LogP contribution < -0.4 is 14.8 Å². The van der Waals surface area contributed by atoms with E-state index in [1.165, 1.54) is 19.1 Å². The van der Waals surface area contributed by atoms with Crippen molar-refractivity contribution in [3.63, 3.8) is 0 Å². The summed E-state index contributed by atoms with van der Waals surface area (Å²) in [6, 6.07) is 4.72. The third kappa shape index (κ3) is 5.55. The van der Waals surface area contributed by atoms with E-state index in [0.29, 0.717) is 17.1 Å². The van der Waals surface area contributed by atoms with Crippen LogP contribution >= 0.6 is 0 Å². The maximum absolute atomic E-state index is 13.0. The summed E-state index contributed by atoms with van der Waals surface area (Å²) in [6.45, 7) is 7.33. The minimum atomic E-state index is -1.11. The van der Waals surface area contributed by atoms with Gasteiger partial charge in [0, 0.05) is 19.7 Å². The Hall–Kier alpha value is -2.97. The Labute approximate surface area is 177 Å². The largest absolute Gasteiger partial charge is 0.497 e. The fourth-order valence-electron chi connectivity index (χ4n) is 3.02. The van der Waals surface area contributed by atoms with Crippen molar-refractivity contribution in [2.45, 2.75) is 51.8 Å². The third-order valence-electron chi connectivity index (χ3n) is 4.75. The van der Waals surface area contributed by atoms with Crippen molar-refractivity contribution in [2.75, 3.05) is 27.8 Å². The standard InChI is InChI=1S/C21H31N3O6/c1-20(2,3)30-19(27)23(5)9-8-21(4)17(25)24(18(26)22-21)13-14-10-15(28-6)12-16(11-14)29-7/h10-12H,8-9,13H2,1-7H3,(H,22,26). The number of hydrogen-bond acceptors (Lipinski definition) is 6. The molecule has 1 aliphatic heterocycles. The second-order valence-corrected chi connectivity index (χ2v) is 8.53. The zero-order chi connectivity index (χ0) is 22.7. The lowest BCUT2D eigenvalue weighted by atomic mass is 9.97. The van der Waals surface area contributed by atoms with E-state index in [2.05, 4.69) is 5.32 Å². The van der Waals surface area contributed by atoms with Gasteiger partial charge in [-0.15, -0.1) is 0 Å². The molecular weight excluding hydrogens is 390 g/mol. The molecular formula is C21H31N3O6. The number of benzene rings is 1. The van der Waals surface area contributed by atoms with Crippen LogP contribution in [0.2, 0.25) is 0 Å². The van der Waals surface area contributed by atoms with Gasteiger partial charge in [0.05, 0.1) is 20.8 Å². The molecule has 1 aliphatic rings. The number of nitrogens with one attached hydrogen (secondary N) is 1. The fourth-order valence-corrected chi connectivity index (χ4v) is 3.02. The van der Waals surface area contributed by atoms with Crippen LogP contribution in [0.15, 0.2) is 18.2 Å². The molecule has 0 aliphatic carbocycles. The Morgan fingerprint density at radius 1 is 1.13 bits per heavy atom. The number of hydrogen-bond donors (Lipinski definition) is 1. The van der Waals surface area contributed by atoms with E-state index in [1.54, 1.807) is 52.9 Å². The molecule has 1 heterocycles. The van der Waals surface area contributed by atoms with Crippen LogP contribution in [0.4, 0.5) is 9.59 Å². The molecule has 2 rings (SSSR count). The Morgan fingerprint density at radius 2 is 1.70 bits per heavy atom. The van der Waals surface area contributed by atoms with Crippen LogP contribution in [-0.4, -0.2) is 66.8 Å². The highest BCUT2D eigenvalue weighted by Crippen LogP contribution is 2.27. The first-order valence-electron chi connectivity index (χ1n) is 9.69. The molecule has 1 fully saturated rings. The van der Waals surface area contributed by atoms with E-state index in [9.17, 15) is 14.4 Å². The van der Waals surface area contributed by atoms with Gasteiger partial charge in [0.2, 0.25) is 0 Å². The number of amides is 4. The Morgan fingerprint density at radius 3 is 2.20 bits per heavy atom. The third-order valence-corrected chi connectivity index (χ3v) is 4.75. The van der Waals surface area contributed by atoms with Gasteiger partial charge in [0.25, 0.3) is 5.91 Å². The molecule has 1 aromatic carbocycles. The Kier molecular flexibility index (Phi) is 6.84. The van der Waals surface area contributed by atoms with Gasteiger partial charge in [-0.1, -0.05) is 0 Å². The van der Waals surface area contributed by atoms with E-state index in [1.807, 2.05) is 0 Å². The first-order valence-corrected chi connectivity index (χ1v) is 9.69. The van der Waals surface area contributed by atoms with Crippen LogP contribution in [-0.2, 0) is 16.1 Å². The van der Waals surface area contributed by atoms with Crippen molar-refractivity contribution in [1.29, 1.82) is 0 Å². The van der Waals surface area contributed by atoms with Gasteiger partial charge in [0.1, 0.15) is 22.6 Å². The highest BCUT2D eigenvalue weighted by Gasteiger charge is 2.47. The maximum Gasteiger partial charge on any atom is 0.410 e. The highest BCUT2D eigenvalue weighted by molar-refractivity contribution is 6.06. The summed E-state index contributed by atoms with van der Waals surface area (Å²) >= 11 is 0. The lowest BCUT2D eigenvalue weighted by molar-refractivity contribution is -0.131. The lowest BCUT2D eigenvalue weighted by Crippen LogP contribution is -2.47. The van der Waals surface area contributed by atoms with E-state index >= 15 is 0 Å². The quantitative estimate of drug-likeness (QED) is 0.680. The van der Waals surface area contributed by atoms with Crippen LogP contribution in [0.5, 0.6) is 11.5 Å². The fraction of sp³-hybridized carbons (Fsp3) is 0.571. The molecule has 1 aromatic rings. The highest BCUT2D eigenvalue weighted by atomic mass is 16.6. The lowest BCUT2D eigenvalue weighted by Gasteiger charge is -2.27. The van der Waals surface area contributed by atoms with Crippen molar-refractivity contribution < 1.29 is 28.6 Å². The molecule has 0 aromatic heterocycles. The molecule has 0 radical (unpaired) electrons. The summed E-state index contributed by atoms with van der Waals surface area (Å²) in [5.74, 6) is 0.781. The number of carbonyl (C=O) groups excluding carboxylic acids is 3. The monoisotopic (exact) mass is 421 g/mol. The average molecular weight is 421 g/mol. The zero-order valence-electron chi connectivity index (χ0n) is 18.7. The first kappa shape index (κ1) is 23.3. The SMILES string of the molecule is COc1cc(CN2C(=O)NC(C)(CCN(C)C(=O)OC(C)(C)C)C2=O)cc(OC)c1. The van der Waals surface area contributed by atoms with Crippen molar-refractivity contribution in [3.05, 3.63) is 23.8 Å². The number of carbonyl (C=O) groups is 3. The van der Waals surface area contributed by atoms with Crippen LogP contribution in [0, 0.1) is 0 Å². The van der Waals surface area contributed by atoms with Crippen molar-refractivity contribution in [1.82, 2.24) is 15.1 Å². The number of imide groups is 1. The van der Waals surface area contributed by atoms with Gasteiger partial charge in [0.15, 0.2) is 0 Å². The molecule has 30 heavy (non-hydrogen) atoms. The molecule has 166 valence electrons. The van der Waals surface area contributed by atoms with Gasteiger partial charge >= 0.3 is 12.1 Å². The van der Waals surface area contributed by atoms with Crippen molar-refractivity contribution >= 4 is 18.0 Å². The molecule has 1 N–H and O–H groups in total. The number of ether oxygens (including phenoxy) is 3. The van der Waals surface area contributed by atoms with E-state index in [0.717, 1.165) is 4.90 Å². The number of urea groups is 1. The second-order valence-electron chi connectivity index (χ2n) is 8.53. The molecule has 4 amide bonds. The van der Waals surface area contributed by atoms with Gasteiger partial charge in [-0.3, -0.25) is 9.69 Å². The molecule has 9 heteroatoms. The Bertz CT molecular complexity index is 797. The topological polar surface area (TPSA) is 97.4 Å². The molecule has 0 saturated carbocycles. The van der Waals surface area contributed by atoms with Crippen molar-refractivity contribution in [3.8, 4) is 11.5 Å². The molecule has 1 unspecified atom stereocenters. The zero-order valence-corrected chi connectivity index (χ0v) is 18.7. The molecule has 0 spiro atoms. The molecule has 1 saturated heterocycles. The predicted molar refractivity (Wildman–Crippen MR) is 111 cm³/mol. The second kappa shape index (κ2) is 8.81. The van der Waals surface area contributed by atoms with Crippen LogP contribution in [0.1, 0.15) is 39.7 Å². The van der Waals surface area contributed by atoms with Crippen molar-refractivity contribution in [2.24, 2.45) is 0 Å². The minimum absolute atomic E-state index is 0.0791. The number of rotatable bonds is 7. The molecule has 0 bridgehead atoms. The summed E-state index contributed by atoms with van der Waals surface area (Å²) in [6.07, 6.45) is -0.228. The normalized spacial score (nSPS) is 18.8. The van der Waals surface area contributed by atoms with Crippen LogP contribution in [0.3, 0.4) is 0 Å². The molecule has 1 atom stereocenters. The summed E-state index contributed by atoms with van der Waals surface area (Å²) in [5, 5.41) is 2.75. The Balaban J connectivity index is 2.07. The first-order chi connectivity index (χ1) is 13.9. The van der Waals surface area contributed by atoms with Gasteiger partial charge < -0.3 is 24.4 Å². The number of methoxy groups -OCH3 is 2. The summed E-state index contributed by atoms with van der Waals surface area (Å²) in [4.78, 5) is 40.2. The average Bonchev–Trinajstić information content (AvgIpc) is 2.87. The van der Waals surface area contributed by atoms with Gasteiger partial charge in [-0.05, 0) is 51.8 Å². The van der Waals surface area contributed by atoms with E-state index < -0.39 is 23.3 Å². The molecule has 9 nitrogen and oxygen atoms in total. The van der Waals surface area contributed by atoms with Gasteiger partial charge in [-0.25, -0.2) is 9.59 Å².